The highest BCUT2D eigenvalue weighted by Crippen LogP contribution is 2.30. The Balaban J connectivity index is 1.57. The average molecular weight is 495 g/mol. The van der Waals surface area contributed by atoms with Crippen LogP contribution in [0.15, 0.2) is 91.0 Å². The molecule has 1 aliphatic rings. The van der Waals surface area contributed by atoms with Gasteiger partial charge >= 0.3 is 0 Å². The van der Waals surface area contributed by atoms with Gasteiger partial charge in [-0.3, -0.25) is 4.21 Å². The molecule has 0 N–H and O–H groups in total. The van der Waals surface area contributed by atoms with E-state index in [4.69, 9.17) is 18.9 Å². The van der Waals surface area contributed by atoms with Crippen LogP contribution in [0.4, 0.5) is 0 Å². The van der Waals surface area contributed by atoms with Gasteiger partial charge in [0.1, 0.15) is 18.3 Å². The van der Waals surface area contributed by atoms with Crippen molar-refractivity contribution in [3.8, 4) is 0 Å². The summed E-state index contributed by atoms with van der Waals surface area (Å²) in [6.45, 7) is 3.27. The molecule has 0 spiro atoms. The summed E-state index contributed by atoms with van der Waals surface area (Å²) in [5.41, 5.74) is 3.22. The predicted molar refractivity (Wildman–Crippen MR) is 138 cm³/mol. The van der Waals surface area contributed by atoms with Gasteiger partial charge in [0.2, 0.25) is 0 Å². The van der Waals surface area contributed by atoms with E-state index >= 15 is 0 Å². The maximum atomic E-state index is 12.2. The van der Waals surface area contributed by atoms with Gasteiger partial charge < -0.3 is 18.9 Å². The third-order valence-electron chi connectivity index (χ3n) is 6.12. The van der Waals surface area contributed by atoms with Gasteiger partial charge in [0.05, 0.1) is 37.8 Å². The van der Waals surface area contributed by atoms with Crippen molar-refractivity contribution >= 4 is 10.8 Å². The van der Waals surface area contributed by atoms with Gasteiger partial charge in [-0.15, -0.1) is 0 Å². The smallest absolute Gasteiger partial charge is 0.115 e. The number of benzene rings is 3. The van der Waals surface area contributed by atoms with Crippen LogP contribution < -0.4 is 0 Å². The van der Waals surface area contributed by atoms with Crippen LogP contribution in [0, 0.1) is 0 Å². The fourth-order valence-corrected chi connectivity index (χ4v) is 5.11. The first-order chi connectivity index (χ1) is 17.1. The Morgan fingerprint density at radius 3 is 1.49 bits per heavy atom. The standard InChI is InChI=1S/C29H34O5S/c1-22-27(31-18-23-12-6-3-7-13-23)29(33-20-25-16-10-5-11-17-25)28(26(34-22)21-35(2)30)32-19-24-14-8-4-9-15-24/h3-17,22,26-29H,18-21H2,1-2H3/t22-,26+,27+,28+,29+,35?/m0/s1. The van der Waals surface area contributed by atoms with E-state index in [0.29, 0.717) is 25.6 Å². The molecule has 1 heterocycles. The number of rotatable bonds is 11. The fourth-order valence-electron chi connectivity index (χ4n) is 4.38. The van der Waals surface area contributed by atoms with Gasteiger partial charge in [-0.1, -0.05) is 91.0 Å². The molecular weight excluding hydrogens is 460 g/mol. The summed E-state index contributed by atoms with van der Waals surface area (Å²) in [5.74, 6) is 0.375. The molecule has 6 heteroatoms. The molecule has 0 amide bonds. The minimum atomic E-state index is -1.05. The van der Waals surface area contributed by atoms with Gasteiger partial charge in [0.25, 0.3) is 0 Å². The van der Waals surface area contributed by atoms with Crippen molar-refractivity contribution in [1.29, 1.82) is 0 Å². The first kappa shape index (κ1) is 25.7. The molecule has 1 aliphatic heterocycles. The van der Waals surface area contributed by atoms with Crippen LogP contribution in [-0.4, -0.2) is 46.7 Å². The monoisotopic (exact) mass is 494 g/mol. The molecule has 0 radical (unpaired) electrons. The van der Waals surface area contributed by atoms with E-state index in [0.717, 1.165) is 16.7 Å². The normalized spacial score (nSPS) is 25.3. The van der Waals surface area contributed by atoms with E-state index in [1.54, 1.807) is 6.26 Å². The lowest BCUT2D eigenvalue weighted by Gasteiger charge is -2.45. The SMILES string of the molecule is C[C@@H]1O[C@H](CS(C)=O)[C@@H](OCc2ccccc2)[C@H](OCc2ccccc2)[C@@H]1OCc1ccccc1. The molecule has 5 nitrogen and oxygen atoms in total. The summed E-state index contributed by atoms with van der Waals surface area (Å²) in [4.78, 5) is 0. The quantitative estimate of drug-likeness (QED) is 0.379. The van der Waals surface area contributed by atoms with E-state index in [2.05, 4.69) is 0 Å². The second kappa shape index (κ2) is 13.1. The zero-order valence-corrected chi connectivity index (χ0v) is 21.1. The summed E-state index contributed by atoms with van der Waals surface area (Å²) in [5, 5.41) is 0. The van der Waals surface area contributed by atoms with E-state index in [9.17, 15) is 4.21 Å². The lowest BCUT2D eigenvalue weighted by atomic mass is 9.95. The maximum Gasteiger partial charge on any atom is 0.115 e. The Labute approximate surface area is 210 Å². The third-order valence-corrected chi connectivity index (χ3v) is 6.92. The second-order valence-electron chi connectivity index (χ2n) is 8.90. The molecule has 35 heavy (non-hydrogen) atoms. The molecule has 1 saturated heterocycles. The first-order valence-corrected chi connectivity index (χ1v) is 13.7. The molecule has 6 atom stereocenters. The Morgan fingerprint density at radius 1 is 0.657 bits per heavy atom. The van der Waals surface area contributed by atoms with Crippen molar-refractivity contribution in [2.75, 3.05) is 12.0 Å². The minimum Gasteiger partial charge on any atom is -0.369 e. The molecule has 1 unspecified atom stereocenters. The summed E-state index contributed by atoms with van der Waals surface area (Å²) in [6, 6.07) is 30.2. The summed E-state index contributed by atoms with van der Waals surface area (Å²) < 4.78 is 38.0. The number of hydrogen-bond acceptors (Lipinski definition) is 5. The molecule has 4 rings (SSSR count). The van der Waals surface area contributed by atoms with Crippen molar-refractivity contribution in [3.63, 3.8) is 0 Å². The lowest BCUT2D eigenvalue weighted by Crippen LogP contribution is -2.60. The van der Waals surface area contributed by atoms with E-state index in [1.807, 2.05) is 97.9 Å². The molecule has 186 valence electrons. The summed E-state index contributed by atoms with van der Waals surface area (Å²) >= 11 is 0. The highest BCUT2D eigenvalue weighted by molar-refractivity contribution is 7.84. The Morgan fingerprint density at radius 2 is 1.06 bits per heavy atom. The van der Waals surface area contributed by atoms with Gasteiger partial charge in [0, 0.05) is 17.1 Å². The Bertz CT molecular complexity index is 1030. The molecule has 0 aliphatic carbocycles. The van der Waals surface area contributed by atoms with Crippen LogP contribution in [0.25, 0.3) is 0 Å². The van der Waals surface area contributed by atoms with Gasteiger partial charge in [-0.05, 0) is 23.6 Å². The predicted octanol–water partition coefficient (Wildman–Crippen LogP) is 4.91. The largest absolute Gasteiger partial charge is 0.369 e. The maximum absolute atomic E-state index is 12.2. The Kier molecular flexibility index (Phi) is 9.63. The van der Waals surface area contributed by atoms with Crippen molar-refractivity contribution in [1.82, 2.24) is 0 Å². The summed E-state index contributed by atoms with van der Waals surface area (Å²) in [6.07, 6.45) is -0.0809. The molecule has 0 aromatic heterocycles. The number of ether oxygens (including phenoxy) is 4. The molecule has 0 saturated carbocycles. The van der Waals surface area contributed by atoms with E-state index < -0.39 is 16.9 Å². The number of hydrogen-bond donors (Lipinski definition) is 0. The third kappa shape index (κ3) is 7.56. The zero-order valence-electron chi connectivity index (χ0n) is 20.3. The van der Waals surface area contributed by atoms with Gasteiger partial charge in [-0.2, -0.15) is 0 Å². The average Bonchev–Trinajstić information content (AvgIpc) is 2.88. The molecular formula is C29H34O5S. The van der Waals surface area contributed by atoms with Crippen LogP contribution in [0.3, 0.4) is 0 Å². The highest BCUT2D eigenvalue weighted by Gasteiger charge is 2.46. The van der Waals surface area contributed by atoms with Crippen LogP contribution in [0.5, 0.6) is 0 Å². The second-order valence-corrected chi connectivity index (χ2v) is 10.4. The van der Waals surface area contributed by atoms with E-state index in [-0.39, 0.29) is 24.4 Å². The van der Waals surface area contributed by atoms with E-state index in [1.165, 1.54) is 0 Å². The fraction of sp³-hybridized carbons (Fsp3) is 0.379. The van der Waals surface area contributed by atoms with Crippen LogP contribution in [-0.2, 0) is 49.6 Å². The van der Waals surface area contributed by atoms with Crippen molar-refractivity contribution < 1.29 is 23.2 Å². The van der Waals surface area contributed by atoms with Gasteiger partial charge in [0.15, 0.2) is 0 Å². The topological polar surface area (TPSA) is 54.0 Å². The van der Waals surface area contributed by atoms with Crippen molar-refractivity contribution in [2.45, 2.75) is 57.3 Å². The molecule has 3 aromatic rings. The van der Waals surface area contributed by atoms with Crippen LogP contribution in [0.1, 0.15) is 23.6 Å². The molecule has 0 bridgehead atoms. The minimum absolute atomic E-state index is 0.246. The summed E-state index contributed by atoms with van der Waals surface area (Å²) in [7, 11) is -1.05. The van der Waals surface area contributed by atoms with Crippen molar-refractivity contribution in [2.24, 2.45) is 0 Å². The molecule has 1 fully saturated rings. The lowest BCUT2D eigenvalue weighted by molar-refractivity contribution is -0.256. The van der Waals surface area contributed by atoms with Crippen molar-refractivity contribution in [3.05, 3.63) is 108 Å². The molecule has 3 aromatic carbocycles. The van der Waals surface area contributed by atoms with Crippen LogP contribution >= 0.6 is 0 Å². The van der Waals surface area contributed by atoms with Gasteiger partial charge in [-0.25, -0.2) is 0 Å². The first-order valence-electron chi connectivity index (χ1n) is 12.0. The zero-order chi connectivity index (χ0) is 24.5. The highest BCUT2D eigenvalue weighted by atomic mass is 32.2. The van der Waals surface area contributed by atoms with Crippen LogP contribution in [0.2, 0.25) is 0 Å². The Hall–Kier alpha value is -2.35.